The number of rotatable bonds is 1. The van der Waals surface area contributed by atoms with Crippen molar-refractivity contribution in [3.05, 3.63) is 41.4 Å². The molecule has 0 amide bonds. The predicted molar refractivity (Wildman–Crippen MR) is 49.0 cm³/mol. The van der Waals surface area contributed by atoms with E-state index < -0.39 is 0 Å². The molecule has 0 unspecified atom stereocenters. The van der Waals surface area contributed by atoms with E-state index in [2.05, 4.69) is 10.2 Å². The SMILES string of the molecule is Fc1cc(Cl)cc(-c2cn[nH]c2)c1. The molecule has 66 valence electrons. The molecule has 2 aromatic rings. The molecule has 0 spiro atoms. The van der Waals surface area contributed by atoms with E-state index in [1.807, 2.05) is 0 Å². The Morgan fingerprint density at radius 1 is 1.23 bits per heavy atom. The molecule has 4 heteroatoms. The third-order valence-corrected chi connectivity index (χ3v) is 1.91. The monoisotopic (exact) mass is 196 g/mol. The van der Waals surface area contributed by atoms with Crippen molar-refractivity contribution in [2.75, 3.05) is 0 Å². The summed E-state index contributed by atoms with van der Waals surface area (Å²) in [5, 5.41) is 6.80. The molecule has 1 N–H and O–H groups in total. The number of halogens is 2. The van der Waals surface area contributed by atoms with Crippen LogP contribution < -0.4 is 0 Å². The normalized spacial score (nSPS) is 10.3. The van der Waals surface area contributed by atoms with Gasteiger partial charge >= 0.3 is 0 Å². The van der Waals surface area contributed by atoms with Gasteiger partial charge in [0.15, 0.2) is 0 Å². The maximum Gasteiger partial charge on any atom is 0.125 e. The summed E-state index contributed by atoms with van der Waals surface area (Å²) >= 11 is 5.70. The van der Waals surface area contributed by atoms with Crippen molar-refractivity contribution in [2.24, 2.45) is 0 Å². The number of nitrogens with one attached hydrogen (secondary N) is 1. The van der Waals surface area contributed by atoms with E-state index in [1.165, 1.54) is 12.1 Å². The lowest BCUT2D eigenvalue weighted by molar-refractivity contribution is 0.628. The highest BCUT2D eigenvalue weighted by atomic mass is 35.5. The zero-order valence-corrected chi connectivity index (χ0v) is 7.35. The molecule has 2 nitrogen and oxygen atoms in total. The predicted octanol–water partition coefficient (Wildman–Crippen LogP) is 2.87. The smallest absolute Gasteiger partial charge is 0.125 e. The second kappa shape index (κ2) is 3.18. The number of hydrogen-bond donors (Lipinski definition) is 1. The van der Waals surface area contributed by atoms with E-state index >= 15 is 0 Å². The van der Waals surface area contributed by atoms with Crippen molar-refractivity contribution >= 4 is 11.6 Å². The van der Waals surface area contributed by atoms with Crippen LogP contribution in [0.15, 0.2) is 30.6 Å². The third-order valence-electron chi connectivity index (χ3n) is 1.69. The first-order valence-electron chi connectivity index (χ1n) is 3.71. The van der Waals surface area contributed by atoms with E-state index in [9.17, 15) is 4.39 Å². The summed E-state index contributed by atoms with van der Waals surface area (Å²) in [6, 6.07) is 4.37. The standard InChI is InChI=1S/C9H6ClFN2/c10-8-1-6(2-9(11)3-8)7-4-12-13-5-7/h1-5H,(H,12,13). The number of hydrogen-bond acceptors (Lipinski definition) is 1. The first kappa shape index (κ1) is 8.26. The van der Waals surface area contributed by atoms with Gasteiger partial charge in [0, 0.05) is 16.8 Å². The van der Waals surface area contributed by atoms with E-state index in [0.29, 0.717) is 5.02 Å². The van der Waals surface area contributed by atoms with Crippen molar-refractivity contribution in [2.45, 2.75) is 0 Å². The molecule has 1 aromatic heterocycles. The Morgan fingerprint density at radius 3 is 2.69 bits per heavy atom. The summed E-state index contributed by atoms with van der Waals surface area (Å²) in [5.41, 5.74) is 1.54. The van der Waals surface area contributed by atoms with Gasteiger partial charge in [-0.1, -0.05) is 11.6 Å². The molecule has 2 rings (SSSR count). The summed E-state index contributed by atoms with van der Waals surface area (Å²) in [7, 11) is 0. The van der Waals surface area contributed by atoms with Crippen LogP contribution in [-0.2, 0) is 0 Å². The largest absolute Gasteiger partial charge is 0.285 e. The van der Waals surface area contributed by atoms with Crippen molar-refractivity contribution in [3.8, 4) is 11.1 Å². The number of aromatic nitrogens is 2. The summed E-state index contributed by atoms with van der Waals surface area (Å²) in [6.07, 6.45) is 3.30. The molecule has 0 aliphatic heterocycles. The fraction of sp³-hybridized carbons (Fsp3) is 0. The molecule has 13 heavy (non-hydrogen) atoms. The number of nitrogens with zero attached hydrogens (tertiary/aromatic N) is 1. The van der Waals surface area contributed by atoms with Crippen LogP contribution in [0.1, 0.15) is 0 Å². The summed E-state index contributed by atoms with van der Waals surface area (Å²) in [4.78, 5) is 0. The quantitative estimate of drug-likeness (QED) is 0.747. The molecule has 0 aliphatic carbocycles. The van der Waals surface area contributed by atoms with E-state index in [-0.39, 0.29) is 5.82 Å². The first-order valence-corrected chi connectivity index (χ1v) is 4.09. The molecule has 0 radical (unpaired) electrons. The third kappa shape index (κ3) is 1.70. The molecule has 0 saturated heterocycles. The Bertz CT molecular complexity index is 391. The van der Waals surface area contributed by atoms with Crippen molar-refractivity contribution in [1.29, 1.82) is 0 Å². The molecule has 0 aliphatic rings. The minimum atomic E-state index is -0.344. The second-order valence-corrected chi connectivity index (χ2v) is 3.08. The Labute approximate surface area is 79.4 Å². The fourth-order valence-electron chi connectivity index (χ4n) is 1.13. The van der Waals surface area contributed by atoms with E-state index in [1.54, 1.807) is 18.5 Å². The minimum absolute atomic E-state index is 0.344. The molecule has 0 bridgehead atoms. The molecular formula is C9H6ClFN2. The molecule has 1 aromatic carbocycles. The summed E-state index contributed by atoms with van der Waals surface area (Å²) < 4.78 is 12.9. The number of aromatic amines is 1. The maximum absolute atomic E-state index is 12.9. The highest BCUT2D eigenvalue weighted by Crippen LogP contribution is 2.22. The van der Waals surface area contributed by atoms with Crippen LogP contribution in [0.5, 0.6) is 0 Å². The Hall–Kier alpha value is -1.35. The van der Waals surface area contributed by atoms with Crippen molar-refractivity contribution in [1.82, 2.24) is 10.2 Å². The van der Waals surface area contributed by atoms with Gasteiger partial charge in [-0.15, -0.1) is 0 Å². The van der Waals surface area contributed by atoms with Gasteiger partial charge in [0.05, 0.1) is 6.20 Å². The van der Waals surface area contributed by atoms with Gasteiger partial charge in [-0.2, -0.15) is 5.10 Å². The van der Waals surface area contributed by atoms with Crippen LogP contribution in [0.3, 0.4) is 0 Å². The zero-order valence-electron chi connectivity index (χ0n) is 6.59. The maximum atomic E-state index is 12.9. The summed E-state index contributed by atoms with van der Waals surface area (Å²) in [6.45, 7) is 0. The van der Waals surface area contributed by atoms with E-state index in [0.717, 1.165) is 11.1 Å². The Kier molecular flexibility index (Phi) is 2.02. The Balaban J connectivity index is 2.53. The van der Waals surface area contributed by atoms with Crippen LogP contribution in [0.2, 0.25) is 5.02 Å². The lowest BCUT2D eigenvalue weighted by atomic mass is 10.1. The molecule has 0 fully saturated rings. The van der Waals surface area contributed by atoms with Crippen LogP contribution in [0.4, 0.5) is 4.39 Å². The Morgan fingerprint density at radius 2 is 2.08 bits per heavy atom. The second-order valence-electron chi connectivity index (χ2n) is 2.65. The van der Waals surface area contributed by atoms with Gasteiger partial charge in [-0.05, 0) is 23.8 Å². The van der Waals surface area contributed by atoms with Crippen molar-refractivity contribution < 1.29 is 4.39 Å². The summed E-state index contributed by atoms with van der Waals surface area (Å²) in [5.74, 6) is -0.344. The van der Waals surface area contributed by atoms with Gasteiger partial charge < -0.3 is 0 Å². The van der Waals surface area contributed by atoms with Crippen LogP contribution in [-0.4, -0.2) is 10.2 Å². The first-order chi connectivity index (χ1) is 6.25. The average molecular weight is 197 g/mol. The van der Waals surface area contributed by atoms with Gasteiger partial charge in [0.1, 0.15) is 5.82 Å². The van der Waals surface area contributed by atoms with E-state index in [4.69, 9.17) is 11.6 Å². The van der Waals surface area contributed by atoms with Crippen LogP contribution in [0, 0.1) is 5.82 Å². The fourth-order valence-corrected chi connectivity index (χ4v) is 1.35. The van der Waals surface area contributed by atoms with Crippen molar-refractivity contribution in [3.63, 3.8) is 0 Å². The minimum Gasteiger partial charge on any atom is -0.285 e. The number of H-pyrrole nitrogens is 1. The molecule has 1 heterocycles. The lowest BCUT2D eigenvalue weighted by Crippen LogP contribution is -1.78. The van der Waals surface area contributed by atoms with Gasteiger partial charge in [-0.25, -0.2) is 4.39 Å². The zero-order chi connectivity index (χ0) is 9.26. The molecule has 0 saturated carbocycles. The lowest BCUT2D eigenvalue weighted by Gasteiger charge is -1.97. The highest BCUT2D eigenvalue weighted by molar-refractivity contribution is 6.30. The average Bonchev–Trinajstić information content (AvgIpc) is 2.53. The topological polar surface area (TPSA) is 28.7 Å². The van der Waals surface area contributed by atoms with Gasteiger partial charge in [0.25, 0.3) is 0 Å². The highest BCUT2D eigenvalue weighted by Gasteiger charge is 2.02. The number of benzene rings is 1. The van der Waals surface area contributed by atoms with Gasteiger partial charge in [0.2, 0.25) is 0 Å². The van der Waals surface area contributed by atoms with Crippen LogP contribution >= 0.6 is 11.6 Å². The molecular weight excluding hydrogens is 191 g/mol. The van der Waals surface area contributed by atoms with Crippen LogP contribution in [0.25, 0.3) is 11.1 Å². The van der Waals surface area contributed by atoms with Gasteiger partial charge in [-0.3, -0.25) is 5.10 Å². The molecule has 0 atom stereocenters.